The van der Waals surface area contributed by atoms with Crippen LogP contribution in [0.4, 0.5) is 0 Å². The molecule has 8 nitrogen and oxygen atoms in total. The van der Waals surface area contributed by atoms with E-state index in [1.165, 1.54) is 122 Å². The quantitative estimate of drug-likeness (QED) is 0.0388. The van der Waals surface area contributed by atoms with Gasteiger partial charge in [0, 0.05) is 13.0 Å². The van der Waals surface area contributed by atoms with Gasteiger partial charge in [-0.25, -0.2) is 0 Å². The van der Waals surface area contributed by atoms with Crippen LogP contribution in [0.25, 0.3) is 0 Å². The van der Waals surface area contributed by atoms with E-state index in [0.717, 1.165) is 37.5 Å². The van der Waals surface area contributed by atoms with Crippen molar-refractivity contribution < 1.29 is 39.4 Å². The third-order valence-electron chi connectivity index (χ3n) is 10.2. The highest BCUT2D eigenvalue weighted by molar-refractivity contribution is 5.69. The van der Waals surface area contributed by atoms with Gasteiger partial charge in [0.1, 0.15) is 30.5 Å². The lowest BCUT2D eigenvalue weighted by molar-refractivity contribution is -0.168. The van der Waals surface area contributed by atoms with Gasteiger partial charge < -0.3 is 34.6 Å². The van der Waals surface area contributed by atoms with Crippen molar-refractivity contribution in [3.8, 4) is 0 Å². The molecule has 1 aliphatic rings. The van der Waals surface area contributed by atoms with Crippen molar-refractivity contribution in [2.24, 2.45) is 11.8 Å². The number of aliphatic hydroxyl groups is 4. The highest BCUT2D eigenvalue weighted by atomic mass is 16.6. The number of ether oxygens (including phenoxy) is 3. The lowest BCUT2D eigenvalue weighted by Gasteiger charge is -2.24. The summed E-state index contributed by atoms with van der Waals surface area (Å²) in [6.07, 6.45) is 22.3. The van der Waals surface area contributed by atoms with Crippen LogP contribution < -0.4 is 0 Å². The normalized spacial score (nSPS) is 22.2. The molecule has 0 radical (unpaired) electrons. The SMILES string of the molecule is CCCCCCC(C)CCCCCCCCCOCC(O)COC1C(O)C(O)C(O)C1OC(=O)CCCCCCCCCCCCC(C)C. The molecule has 1 aliphatic carbocycles. The molecule has 292 valence electrons. The van der Waals surface area contributed by atoms with E-state index in [0.29, 0.717) is 13.0 Å². The van der Waals surface area contributed by atoms with Crippen LogP contribution in [0.3, 0.4) is 0 Å². The number of aliphatic hydroxyl groups excluding tert-OH is 4. The zero-order chi connectivity index (χ0) is 36.1. The Hall–Kier alpha value is -0.770. The van der Waals surface area contributed by atoms with E-state index in [-0.39, 0.29) is 19.6 Å². The zero-order valence-corrected chi connectivity index (χ0v) is 32.3. The molecule has 7 unspecified atom stereocenters. The Bertz CT molecular complexity index is 749. The summed E-state index contributed by atoms with van der Waals surface area (Å²) in [5, 5.41) is 41.4. The van der Waals surface area contributed by atoms with E-state index in [4.69, 9.17) is 14.2 Å². The summed E-state index contributed by atoms with van der Waals surface area (Å²) in [5.74, 6) is 1.18. The topological polar surface area (TPSA) is 126 Å². The molecule has 1 saturated carbocycles. The monoisotopic (exact) mass is 701 g/mol. The molecule has 0 saturated heterocycles. The second-order valence-electron chi connectivity index (χ2n) is 15.6. The fourth-order valence-corrected chi connectivity index (χ4v) is 6.89. The predicted molar refractivity (Wildman–Crippen MR) is 200 cm³/mol. The van der Waals surface area contributed by atoms with Crippen molar-refractivity contribution in [3.05, 3.63) is 0 Å². The van der Waals surface area contributed by atoms with Crippen LogP contribution in [0.5, 0.6) is 0 Å². The molecular weight excluding hydrogens is 620 g/mol. The molecule has 0 spiro atoms. The Labute approximate surface area is 301 Å². The lowest BCUT2D eigenvalue weighted by atomic mass is 9.96. The molecular formula is C41H80O8. The molecule has 0 aromatic rings. The van der Waals surface area contributed by atoms with E-state index in [2.05, 4.69) is 27.7 Å². The molecule has 1 fully saturated rings. The Kier molecular flexibility index (Phi) is 29.1. The van der Waals surface area contributed by atoms with E-state index in [9.17, 15) is 25.2 Å². The van der Waals surface area contributed by atoms with Gasteiger partial charge in [-0.2, -0.15) is 0 Å². The third kappa shape index (κ3) is 24.2. The van der Waals surface area contributed by atoms with Crippen LogP contribution in [-0.4, -0.2) is 82.8 Å². The van der Waals surface area contributed by atoms with Crippen LogP contribution in [0.15, 0.2) is 0 Å². The maximum Gasteiger partial charge on any atom is 0.306 e. The van der Waals surface area contributed by atoms with E-state index in [1.54, 1.807) is 0 Å². The van der Waals surface area contributed by atoms with Gasteiger partial charge in [0.15, 0.2) is 6.10 Å². The number of hydrogen-bond donors (Lipinski definition) is 4. The van der Waals surface area contributed by atoms with Gasteiger partial charge in [0.2, 0.25) is 0 Å². The second kappa shape index (κ2) is 30.8. The summed E-state index contributed by atoms with van der Waals surface area (Å²) in [7, 11) is 0. The molecule has 7 atom stereocenters. The number of hydrogen-bond acceptors (Lipinski definition) is 8. The summed E-state index contributed by atoms with van der Waals surface area (Å²) in [5.41, 5.74) is 0. The highest BCUT2D eigenvalue weighted by Crippen LogP contribution is 2.28. The van der Waals surface area contributed by atoms with E-state index in [1.807, 2.05) is 0 Å². The Morgan fingerprint density at radius 3 is 1.59 bits per heavy atom. The summed E-state index contributed by atoms with van der Waals surface area (Å²) in [4.78, 5) is 12.5. The molecule has 1 rings (SSSR count). The average Bonchev–Trinajstić information content (AvgIpc) is 3.27. The van der Waals surface area contributed by atoms with Gasteiger partial charge >= 0.3 is 5.97 Å². The summed E-state index contributed by atoms with van der Waals surface area (Å²) in [6, 6.07) is 0. The molecule has 0 aromatic heterocycles. The average molecular weight is 701 g/mol. The summed E-state index contributed by atoms with van der Waals surface area (Å²) < 4.78 is 16.8. The van der Waals surface area contributed by atoms with E-state index >= 15 is 0 Å². The first-order valence-electron chi connectivity index (χ1n) is 20.8. The fourth-order valence-electron chi connectivity index (χ4n) is 6.89. The first-order valence-corrected chi connectivity index (χ1v) is 20.8. The minimum atomic E-state index is -1.49. The van der Waals surface area contributed by atoms with E-state index < -0.39 is 42.6 Å². The molecule has 49 heavy (non-hydrogen) atoms. The van der Waals surface area contributed by atoms with Crippen molar-refractivity contribution in [1.29, 1.82) is 0 Å². The molecule has 0 aromatic carbocycles. The summed E-state index contributed by atoms with van der Waals surface area (Å²) >= 11 is 0. The number of carbonyl (C=O) groups is 1. The molecule has 0 bridgehead atoms. The fraction of sp³-hybridized carbons (Fsp3) is 0.976. The molecule has 0 heterocycles. The van der Waals surface area contributed by atoms with Crippen LogP contribution in [0.2, 0.25) is 0 Å². The maximum absolute atomic E-state index is 12.5. The standard InChI is InChI=1S/C41H80O8/c1-5-6-7-22-27-34(4)28-23-18-14-12-16-20-25-30-47-31-35(42)32-48-40-38(45)37(44)39(46)41(40)49-36(43)29-24-19-15-11-9-8-10-13-17-21-26-33(2)3/h33-35,37-42,44-46H,5-32H2,1-4H3. The highest BCUT2D eigenvalue weighted by Gasteiger charge is 2.52. The van der Waals surface area contributed by atoms with Crippen LogP contribution in [0.1, 0.15) is 188 Å². The maximum atomic E-state index is 12.5. The smallest absolute Gasteiger partial charge is 0.306 e. The number of rotatable bonds is 34. The van der Waals surface area contributed by atoms with Crippen molar-refractivity contribution in [2.75, 3.05) is 19.8 Å². The Morgan fingerprint density at radius 1 is 0.571 bits per heavy atom. The van der Waals surface area contributed by atoms with Gasteiger partial charge in [0.25, 0.3) is 0 Å². The largest absolute Gasteiger partial charge is 0.457 e. The van der Waals surface area contributed by atoms with Gasteiger partial charge in [-0.05, 0) is 24.7 Å². The molecule has 0 amide bonds. The van der Waals surface area contributed by atoms with Crippen LogP contribution >= 0.6 is 0 Å². The summed E-state index contributed by atoms with van der Waals surface area (Å²) in [6.45, 7) is 9.72. The third-order valence-corrected chi connectivity index (χ3v) is 10.2. The minimum absolute atomic E-state index is 0.0906. The van der Waals surface area contributed by atoms with Gasteiger partial charge in [-0.1, -0.05) is 169 Å². The van der Waals surface area contributed by atoms with Crippen molar-refractivity contribution >= 4 is 5.97 Å². The Balaban J connectivity index is 2.09. The minimum Gasteiger partial charge on any atom is -0.457 e. The van der Waals surface area contributed by atoms with Crippen molar-refractivity contribution in [2.45, 2.75) is 225 Å². The van der Waals surface area contributed by atoms with Gasteiger partial charge in [0.05, 0.1) is 13.2 Å². The van der Waals surface area contributed by atoms with Gasteiger partial charge in [-0.15, -0.1) is 0 Å². The first-order chi connectivity index (χ1) is 23.7. The molecule has 0 aliphatic heterocycles. The van der Waals surface area contributed by atoms with Crippen molar-refractivity contribution in [3.63, 3.8) is 0 Å². The number of carbonyl (C=O) groups excluding carboxylic acids is 1. The number of esters is 1. The molecule has 8 heteroatoms. The lowest BCUT2D eigenvalue weighted by Crippen LogP contribution is -2.41. The first kappa shape index (κ1) is 46.3. The van der Waals surface area contributed by atoms with Gasteiger partial charge in [-0.3, -0.25) is 4.79 Å². The van der Waals surface area contributed by atoms with Crippen LogP contribution in [-0.2, 0) is 19.0 Å². The zero-order valence-electron chi connectivity index (χ0n) is 32.3. The Morgan fingerprint density at radius 2 is 1.04 bits per heavy atom. The van der Waals surface area contributed by atoms with Crippen molar-refractivity contribution in [1.82, 2.24) is 0 Å². The van der Waals surface area contributed by atoms with Crippen LogP contribution in [0, 0.1) is 11.8 Å². The number of unbranched alkanes of at least 4 members (excludes halogenated alkanes) is 18. The molecule has 4 N–H and O–H groups in total. The predicted octanol–water partition coefficient (Wildman–Crippen LogP) is 8.82. The second-order valence-corrected chi connectivity index (χ2v) is 15.6.